The van der Waals surface area contributed by atoms with Crippen molar-refractivity contribution in [1.29, 1.82) is 0 Å². The minimum absolute atomic E-state index is 0.00134. The van der Waals surface area contributed by atoms with Crippen molar-refractivity contribution in [2.75, 3.05) is 6.61 Å². The van der Waals surface area contributed by atoms with Crippen molar-refractivity contribution in [2.24, 2.45) is 0 Å². The number of aliphatic hydroxyl groups excluding tert-OH is 3. The van der Waals surface area contributed by atoms with Gasteiger partial charge in [0.15, 0.2) is 0 Å². The van der Waals surface area contributed by atoms with E-state index >= 15 is 0 Å². The van der Waals surface area contributed by atoms with Crippen LogP contribution in [0.4, 0.5) is 0 Å². The summed E-state index contributed by atoms with van der Waals surface area (Å²) in [6.07, 6.45) is 77.2. The second kappa shape index (κ2) is 56.6. The second-order valence-electron chi connectivity index (χ2n) is 20.2. The highest BCUT2D eigenvalue weighted by atomic mass is 16.3. The Kier molecular flexibility index (Phi) is 55.0. The lowest BCUT2D eigenvalue weighted by atomic mass is 10.0. The van der Waals surface area contributed by atoms with Crippen molar-refractivity contribution in [3.05, 3.63) is 60.8 Å². The Bertz CT molecular complexity index is 1130. The highest BCUT2D eigenvalue weighted by molar-refractivity contribution is 5.76. The summed E-state index contributed by atoms with van der Waals surface area (Å²) in [5, 5.41) is 33.3. The third kappa shape index (κ3) is 53.3. The summed E-state index contributed by atoms with van der Waals surface area (Å²) in [4.78, 5) is 12.5. The van der Waals surface area contributed by atoms with E-state index in [9.17, 15) is 20.1 Å². The van der Waals surface area contributed by atoms with E-state index in [1.165, 1.54) is 231 Å². The molecular formula is C62H115NO4. The van der Waals surface area contributed by atoms with E-state index in [4.69, 9.17) is 0 Å². The number of amides is 1. The Morgan fingerprint density at radius 1 is 0.388 bits per heavy atom. The van der Waals surface area contributed by atoms with Crippen LogP contribution in [0.25, 0.3) is 0 Å². The van der Waals surface area contributed by atoms with Gasteiger partial charge in [-0.05, 0) is 77.0 Å². The summed E-state index contributed by atoms with van der Waals surface area (Å²) in [6.45, 7) is 4.20. The first-order chi connectivity index (χ1) is 33.0. The third-order valence-electron chi connectivity index (χ3n) is 13.5. The molecule has 0 aromatic heterocycles. The van der Waals surface area contributed by atoms with E-state index < -0.39 is 18.2 Å². The van der Waals surface area contributed by atoms with Gasteiger partial charge in [-0.2, -0.15) is 0 Å². The zero-order valence-corrected chi connectivity index (χ0v) is 44.8. The van der Waals surface area contributed by atoms with Gasteiger partial charge < -0.3 is 20.6 Å². The summed E-state index contributed by atoms with van der Waals surface area (Å²) >= 11 is 0. The highest BCUT2D eigenvalue weighted by Crippen LogP contribution is 2.17. The molecule has 0 heterocycles. The summed E-state index contributed by atoms with van der Waals surface area (Å²) < 4.78 is 0. The van der Waals surface area contributed by atoms with Gasteiger partial charge in [0.05, 0.1) is 31.3 Å². The van der Waals surface area contributed by atoms with Crippen LogP contribution in [0.1, 0.15) is 303 Å². The van der Waals surface area contributed by atoms with E-state index in [1.807, 2.05) is 6.08 Å². The van der Waals surface area contributed by atoms with Crippen molar-refractivity contribution in [3.63, 3.8) is 0 Å². The van der Waals surface area contributed by atoms with Gasteiger partial charge in [-0.3, -0.25) is 4.79 Å². The zero-order valence-electron chi connectivity index (χ0n) is 44.8. The number of rotatable bonds is 54. The molecule has 0 rings (SSSR count). The lowest BCUT2D eigenvalue weighted by Gasteiger charge is -2.21. The normalized spacial score (nSPS) is 13.7. The molecular weight excluding hydrogens is 823 g/mol. The molecule has 0 aromatic rings. The van der Waals surface area contributed by atoms with Gasteiger partial charge in [-0.15, -0.1) is 0 Å². The second-order valence-corrected chi connectivity index (χ2v) is 20.2. The molecule has 0 fully saturated rings. The maximum atomic E-state index is 12.5. The lowest BCUT2D eigenvalue weighted by Crippen LogP contribution is -2.45. The fourth-order valence-corrected chi connectivity index (χ4v) is 8.99. The molecule has 4 N–H and O–H groups in total. The topological polar surface area (TPSA) is 89.8 Å². The molecule has 5 heteroatoms. The van der Waals surface area contributed by atoms with Crippen LogP contribution in [0, 0.1) is 0 Å². The average Bonchev–Trinajstić information content (AvgIpc) is 3.32. The maximum absolute atomic E-state index is 12.5. The van der Waals surface area contributed by atoms with Gasteiger partial charge in [-0.25, -0.2) is 0 Å². The van der Waals surface area contributed by atoms with Crippen molar-refractivity contribution >= 4 is 5.91 Å². The SMILES string of the molecule is CCCCCCC/C=C/CC/C=C/CC/C=C/C(O)C(CO)NC(=O)CC(O)CCCCCCCCCCCCCCCCC/C=C\C/C=C\CCCCCCCCCCCCCCCCC. The van der Waals surface area contributed by atoms with Crippen molar-refractivity contribution < 1.29 is 20.1 Å². The summed E-state index contributed by atoms with van der Waals surface area (Å²) in [6, 6.07) is -0.769. The quantitative estimate of drug-likeness (QED) is 0.0361. The van der Waals surface area contributed by atoms with Gasteiger partial charge in [0.1, 0.15) is 0 Å². The van der Waals surface area contributed by atoms with Crippen molar-refractivity contribution in [1.82, 2.24) is 5.32 Å². The van der Waals surface area contributed by atoms with Crippen molar-refractivity contribution in [2.45, 2.75) is 321 Å². The Morgan fingerprint density at radius 2 is 0.687 bits per heavy atom. The van der Waals surface area contributed by atoms with Crippen molar-refractivity contribution in [3.8, 4) is 0 Å². The minimum atomic E-state index is -0.962. The molecule has 5 nitrogen and oxygen atoms in total. The third-order valence-corrected chi connectivity index (χ3v) is 13.5. The zero-order chi connectivity index (χ0) is 48.6. The monoisotopic (exact) mass is 938 g/mol. The summed E-state index contributed by atoms with van der Waals surface area (Å²) in [5.74, 6) is -0.329. The predicted molar refractivity (Wildman–Crippen MR) is 296 cm³/mol. The Balaban J connectivity index is 3.53. The first-order valence-corrected chi connectivity index (χ1v) is 29.6. The molecule has 0 saturated heterocycles. The number of allylic oxidation sites excluding steroid dienone is 9. The van der Waals surface area contributed by atoms with E-state index in [0.717, 1.165) is 44.9 Å². The molecule has 3 unspecified atom stereocenters. The molecule has 0 aromatic carbocycles. The molecule has 0 aliphatic carbocycles. The minimum Gasteiger partial charge on any atom is -0.394 e. The molecule has 1 amide bonds. The number of hydrogen-bond acceptors (Lipinski definition) is 4. The maximum Gasteiger partial charge on any atom is 0.222 e. The van der Waals surface area contributed by atoms with E-state index in [1.54, 1.807) is 6.08 Å². The van der Waals surface area contributed by atoms with Crippen LogP contribution in [-0.4, -0.2) is 46.1 Å². The fourth-order valence-electron chi connectivity index (χ4n) is 8.99. The van der Waals surface area contributed by atoms with Gasteiger partial charge in [0.2, 0.25) is 5.91 Å². The van der Waals surface area contributed by atoms with Gasteiger partial charge in [0.25, 0.3) is 0 Å². The Morgan fingerprint density at radius 3 is 1.04 bits per heavy atom. The van der Waals surface area contributed by atoms with Gasteiger partial charge >= 0.3 is 0 Å². The molecule has 0 saturated carbocycles. The lowest BCUT2D eigenvalue weighted by molar-refractivity contribution is -0.124. The number of hydrogen-bond donors (Lipinski definition) is 4. The van der Waals surface area contributed by atoms with Crippen LogP contribution in [0.3, 0.4) is 0 Å². The van der Waals surface area contributed by atoms with Crippen LogP contribution in [0.5, 0.6) is 0 Å². The molecule has 3 atom stereocenters. The molecule has 67 heavy (non-hydrogen) atoms. The van der Waals surface area contributed by atoms with Crippen LogP contribution >= 0.6 is 0 Å². The number of aliphatic hydroxyl groups is 3. The Labute approximate surface area is 418 Å². The van der Waals surface area contributed by atoms with E-state index in [-0.39, 0.29) is 18.9 Å². The molecule has 0 aliphatic heterocycles. The molecule has 0 aliphatic rings. The average molecular weight is 939 g/mol. The van der Waals surface area contributed by atoms with Crippen LogP contribution in [0.2, 0.25) is 0 Å². The Hall–Kier alpha value is -1.95. The number of carbonyl (C=O) groups excluding carboxylic acids is 1. The summed E-state index contributed by atoms with van der Waals surface area (Å²) in [5.41, 5.74) is 0. The number of carbonyl (C=O) groups is 1. The largest absolute Gasteiger partial charge is 0.394 e. The standard InChI is InChI=1S/C62H115NO4/c1-3-5-7-9-11-13-15-17-19-20-21-22-23-24-25-26-27-28-29-30-31-32-33-34-35-36-37-38-39-40-42-43-45-47-49-51-53-55-59(65)57-62(67)63-60(58-64)61(66)56-54-52-50-48-46-44-41-18-16-14-12-10-8-6-4-2/h16,18,27-28,30-31,46,48,54,56,59-61,64-66H,3-15,17,19-26,29,32-45,47,49-53,55,57-58H2,1-2H3,(H,63,67)/b18-16+,28-27-,31-30-,48-46+,56-54+. The van der Waals surface area contributed by atoms with Crippen LogP contribution in [0.15, 0.2) is 60.8 Å². The van der Waals surface area contributed by atoms with Crippen LogP contribution in [-0.2, 0) is 4.79 Å². The molecule has 0 radical (unpaired) electrons. The first kappa shape index (κ1) is 65.0. The number of nitrogens with one attached hydrogen (secondary N) is 1. The highest BCUT2D eigenvalue weighted by Gasteiger charge is 2.20. The summed E-state index contributed by atoms with van der Waals surface area (Å²) in [7, 11) is 0. The predicted octanol–water partition coefficient (Wildman–Crippen LogP) is 18.6. The number of unbranched alkanes of at least 4 members (excludes halogenated alkanes) is 37. The molecule has 392 valence electrons. The van der Waals surface area contributed by atoms with Crippen LogP contribution < -0.4 is 5.32 Å². The molecule has 0 spiro atoms. The fraction of sp³-hybridized carbons (Fsp3) is 0.823. The molecule has 0 bridgehead atoms. The first-order valence-electron chi connectivity index (χ1n) is 29.6. The van der Waals surface area contributed by atoms with Gasteiger partial charge in [0, 0.05) is 0 Å². The van der Waals surface area contributed by atoms with E-state index in [0.29, 0.717) is 6.42 Å². The smallest absolute Gasteiger partial charge is 0.222 e. The van der Waals surface area contributed by atoms with Gasteiger partial charge in [-0.1, -0.05) is 280 Å². The van der Waals surface area contributed by atoms with E-state index in [2.05, 4.69) is 67.8 Å².